The highest BCUT2D eigenvalue weighted by molar-refractivity contribution is 8.00. The number of nitrogens with one attached hydrogen (secondary N) is 1. The van der Waals surface area contributed by atoms with Gasteiger partial charge in [-0.1, -0.05) is 30.0 Å². The molecule has 1 fully saturated rings. The summed E-state index contributed by atoms with van der Waals surface area (Å²) in [4.78, 5) is 26.3. The molecule has 0 bridgehead atoms. The Morgan fingerprint density at radius 2 is 2.10 bits per heavy atom. The van der Waals surface area contributed by atoms with Crippen LogP contribution in [0.2, 0.25) is 0 Å². The summed E-state index contributed by atoms with van der Waals surface area (Å²) in [6.45, 7) is 3.97. The molecule has 1 aromatic heterocycles. The van der Waals surface area contributed by atoms with Crippen LogP contribution in [0.25, 0.3) is 5.69 Å². The van der Waals surface area contributed by atoms with Gasteiger partial charge in [-0.3, -0.25) is 4.79 Å². The molecule has 2 aliphatic heterocycles. The normalized spacial score (nSPS) is 20.8. The van der Waals surface area contributed by atoms with Gasteiger partial charge >= 0.3 is 0 Å². The van der Waals surface area contributed by atoms with Crippen molar-refractivity contribution in [2.45, 2.75) is 50.1 Å². The number of hydrogen-bond acceptors (Lipinski definition) is 5. The lowest BCUT2D eigenvalue weighted by Gasteiger charge is -2.39. The second-order valence-corrected chi connectivity index (χ2v) is 8.76. The number of nitrogens with zero attached hydrogens (tertiary/aromatic N) is 3. The van der Waals surface area contributed by atoms with Crippen molar-refractivity contribution in [2.75, 3.05) is 23.7 Å². The minimum Gasteiger partial charge on any atom is -0.317 e. The van der Waals surface area contributed by atoms with Crippen LogP contribution in [0.4, 0.5) is 5.69 Å². The maximum atomic E-state index is 13.2. The minimum atomic E-state index is 0.0411. The van der Waals surface area contributed by atoms with Crippen LogP contribution in [0.3, 0.4) is 0 Å². The number of carbonyl (C=O) groups is 2. The lowest BCUT2D eigenvalue weighted by atomic mass is 9.87. The average molecular weight is 413 g/mol. The topological polar surface area (TPSA) is 67.2 Å². The van der Waals surface area contributed by atoms with Gasteiger partial charge in [0.05, 0.1) is 22.8 Å². The van der Waals surface area contributed by atoms with E-state index in [1.807, 2.05) is 46.8 Å². The highest BCUT2D eigenvalue weighted by atomic mass is 32.2. The molecule has 2 atom stereocenters. The van der Waals surface area contributed by atoms with Gasteiger partial charge in [0.2, 0.25) is 5.91 Å². The fourth-order valence-corrected chi connectivity index (χ4v) is 5.62. The summed E-state index contributed by atoms with van der Waals surface area (Å²) in [7, 11) is 0. The summed E-state index contributed by atoms with van der Waals surface area (Å²) in [6.07, 6.45) is 5.38. The van der Waals surface area contributed by atoms with Gasteiger partial charge in [0, 0.05) is 12.5 Å². The van der Waals surface area contributed by atoms with Crippen LogP contribution < -0.4 is 10.2 Å². The Bertz CT molecular complexity index is 859. The first kappa shape index (κ1) is 20.2. The number of hydrogen-bond donors (Lipinski definition) is 1. The number of thioether (sulfide) groups is 1. The van der Waals surface area contributed by atoms with Crippen LogP contribution in [-0.4, -0.2) is 46.9 Å². The van der Waals surface area contributed by atoms with Crippen molar-refractivity contribution in [1.29, 1.82) is 0 Å². The van der Waals surface area contributed by atoms with Crippen molar-refractivity contribution in [3.63, 3.8) is 0 Å². The molecule has 4 rings (SSSR count). The number of benzene rings is 1. The minimum absolute atomic E-state index is 0.0411. The number of aromatic nitrogens is 2. The molecule has 0 spiro atoms. The Morgan fingerprint density at radius 3 is 2.90 bits per heavy atom. The molecule has 6 nitrogen and oxygen atoms in total. The first-order valence-corrected chi connectivity index (χ1v) is 11.4. The van der Waals surface area contributed by atoms with Gasteiger partial charge in [-0.25, -0.2) is 4.68 Å². The molecule has 2 unspecified atom stereocenters. The van der Waals surface area contributed by atoms with Gasteiger partial charge in [0.1, 0.15) is 11.3 Å². The van der Waals surface area contributed by atoms with Crippen molar-refractivity contribution in [1.82, 2.24) is 15.1 Å². The largest absolute Gasteiger partial charge is 0.317 e. The Kier molecular flexibility index (Phi) is 6.35. The number of amides is 1. The molecular formula is C22H28N4O2S. The third-order valence-corrected chi connectivity index (χ3v) is 6.94. The van der Waals surface area contributed by atoms with Crippen LogP contribution in [0, 0.1) is 12.8 Å². The molecule has 1 N–H and O–H groups in total. The van der Waals surface area contributed by atoms with E-state index < -0.39 is 0 Å². The van der Waals surface area contributed by atoms with Gasteiger partial charge in [-0.15, -0.1) is 0 Å². The van der Waals surface area contributed by atoms with Crippen molar-refractivity contribution >= 4 is 29.6 Å². The van der Waals surface area contributed by atoms with Crippen molar-refractivity contribution < 1.29 is 9.59 Å². The van der Waals surface area contributed by atoms with Crippen LogP contribution >= 0.6 is 11.8 Å². The SMILES string of the molecule is Cc1nn(-c2ccccc2)c2c1N(C(CCC=O)C1CCCNCC1)C(=O)CS2. The van der Waals surface area contributed by atoms with E-state index in [-0.39, 0.29) is 11.9 Å². The number of carbonyl (C=O) groups excluding carboxylic acids is 2. The molecule has 1 amide bonds. The predicted molar refractivity (Wildman–Crippen MR) is 116 cm³/mol. The lowest BCUT2D eigenvalue weighted by Crippen LogP contribution is -2.48. The molecular weight excluding hydrogens is 384 g/mol. The Morgan fingerprint density at radius 1 is 1.28 bits per heavy atom. The van der Waals surface area contributed by atoms with Crippen LogP contribution in [0.1, 0.15) is 37.8 Å². The summed E-state index contributed by atoms with van der Waals surface area (Å²) in [5.41, 5.74) is 2.80. The third kappa shape index (κ3) is 4.12. The quantitative estimate of drug-likeness (QED) is 0.737. The third-order valence-electron chi connectivity index (χ3n) is 5.91. The van der Waals surface area contributed by atoms with E-state index >= 15 is 0 Å². The summed E-state index contributed by atoms with van der Waals surface area (Å²) < 4.78 is 1.96. The molecule has 29 heavy (non-hydrogen) atoms. The molecule has 154 valence electrons. The van der Waals surface area contributed by atoms with Gasteiger partial charge < -0.3 is 15.0 Å². The zero-order chi connectivity index (χ0) is 20.2. The Balaban J connectivity index is 1.75. The lowest BCUT2D eigenvalue weighted by molar-refractivity contribution is -0.117. The predicted octanol–water partition coefficient (Wildman–Crippen LogP) is 3.36. The van der Waals surface area contributed by atoms with Crippen molar-refractivity contribution in [3.05, 3.63) is 36.0 Å². The molecule has 7 heteroatoms. The maximum absolute atomic E-state index is 13.2. The van der Waals surface area contributed by atoms with E-state index in [0.29, 0.717) is 24.5 Å². The molecule has 1 saturated heterocycles. The zero-order valence-electron chi connectivity index (χ0n) is 16.8. The number of anilines is 1. The number of fused-ring (bicyclic) bond motifs is 1. The Labute approximate surface area is 176 Å². The van der Waals surface area contributed by atoms with Gasteiger partial charge in [-0.2, -0.15) is 5.10 Å². The van der Waals surface area contributed by atoms with Gasteiger partial charge in [-0.05, 0) is 63.7 Å². The molecule has 3 heterocycles. The smallest absolute Gasteiger partial charge is 0.237 e. The molecule has 2 aliphatic rings. The molecule has 0 radical (unpaired) electrons. The first-order chi connectivity index (χ1) is 14.2. The van der Waals surface area contributed by atoms with E-state index in [0.717, 1.165) is 60.7 Å². The first-order valence-electron chi connectivity index (χ1n) is 10.4. The van der Waals surface area contributed by atoms with Crippen LogP contribution in [-0.2, 0) is 9.59 Å². The van der Waals surface area contributed by atoms with E-state index in [4.69, 9.17) is 5.10 Å². The Hall–Kier alpha value is -2.12. The summed E-state index contributed by atoms with van der Waals surface area (Å²) in [6, 6.07) is 10.1. The summed E-state index contributed by atoms with van der Waals surface area (Å²) in [5.74, 6) is 0.934. The van der Waals surface area contributed by atoms with Crippen LogP contribution in [0.15, 0.2) is 35.4 Å². The monoisotopic (exact) mass is 412 g/mol. The second-order valence-electron chi connectivity index (χ2n) is 7.79. The zero-order valence-corrected chi connectivity index (χ0v) is 17.7. The van der Waals surface area contributed by atoms with E-state index in [2.05, 4.69) is 5.32 Å². The fraction of sp³-hybridized carbons (Fsp3) is 0.500. The molecule has 0 saturated carbocycles. The van der Waals surface area contributed by atoms with Crippen molar-refractivity contribution in [2.24, 2.45) is 5.92 Å². The van der Waals surface area contributed by atoms with Crippen molar-refractivity contribution in [3.8, 4) is 5.69 Å². The van der Waals surface area contributed by atoms with E-state index in [1.165, 1.54) is 0 Å². The standard InChI is InChI=1S/C22H28N4O2S/c1-16-21-22(26(24-16)18-8-3-2-4-9-18)29-15-20(28)25(21)19(10-6-14-27)17-7-5-12-23-13-11-17/h2-4,8-9,14,17,19,23H,5-7,10-13,15H2,1H3. The number of aryl methyl sites for hydroxylation is 1. The average Bonchev–Trinajstić information content (AvgIpc) is 2.91. The van der Waals surface area contributed by atoms with Gasteiger partial charge in [0.15, 0.2) is 0 Å². The highest BCUT2D eigenvalue weighted by Crippen LogP contribution is 2.42. The van der Waals surface area contributed by atoms with Gasteiger partial charge in [0.25, 0.3) is 0 Å². The number of rotatable bonds is 6. The number of para-hydroxylation sites is 1. The maximum Gasteiger partial charge on any atom is 0.237 e. The summed E-state index contributed by atoms with van der Waals surface area (Å²) >= 11 is 1.56. The van der Waals surface area contributed by atoms with E-state index in [1.54, 1.807) is 11.8 Å². The summed E-state index contributed by atoms with van der Waals surface area (Å²) in [5, 5.41) is 9.28. The molecule has 1 aromatic carbocycles. The fourth-order valence-electron chi connectivity index (χ4n) is 4.57. The van der Waals surface area contributed by atoms with Crippen LogP contribution in [0.5, 0.6) is 0 Å². The molecule has 0 aliphatic carbocycles. The number of aldehydes is 1. The molecule has 2 aromatic rings. The highest BCUT2D eigenvalue weighted by Gasteiger charge is 2.38. The second kappa shape index (κ2) is 9.13. The van der Waals surface area contributed by atoms with E-state index in [9.17, 15) is 9.59 Å².